The average molecular weight is 404 g/mol. The van der Waals surface area contributed by atoms with E-state index < -0.39 is 10.0 Å². The molecule has 0 fully saturated rings. The number of rotatable bonds is 7. The summed E-state index contributed by atoms with van der Waals surface area (Å²) < 4.78 is 27.1. The molecule has 1 N–H and O–H groups in total. The van der Waals surface area contributed by atoms with Crippen molar-refractivity contribution in [2.75, 3.05) is 37.4 Å². The number of aryl methyl sites for hydroxylation is 2. The molecule has 6 nitrogen and oxygen atoms in total. The maximum Gasteiger partial charge on any atom is 0.255 e. The third-order valence-corrected chi connectivity index (χ3v) is 6.57. The third-order valence-electron chi connectivity index (χ3n) is 4.53. The lowest BCUT2D eigenvalue weighted by molar-refractivity contribution is 0.102. The van der Waals surface area contributed by atoms with Crippen molar-refractivity contribution in [3.05, 3.63) is 53.1 Å². The van der Waals surface area contributed by atoms with Gasteiger partial charge in [0.2, 0.25) is 10.0 Å². The number of hydrogen-bond donors (Lipinski definition) is 1. The molecule has 0 aromatic heterocycles. The fourth-order valence-corrected chi connectivity index (χ4v) is 4.66. The molecule has 0 spiro atoms. The van der Waals surface area contributed by atoms with E-state index in [1.165, 1.54) is 10.4 Å². The maximum absolute atomic E-state index is 12.9. The van der Waals surface area contributed by atoms with Crippen molar-refractivity contribution in [2.24, 2.45) is 0 Å². The van der Waals surface area contributed by atoms with Crippen LogP contribution >= 0.6 is 0 Å². The normalized spacial score (nSPS) is 11.5. The van der Waals surface area contributed by atoms with Crippen molar-refractivity contribution >= 4 is 27.3 Å². The first-order valence-electron chi connectivity index (χ1n) is 9.31. The van der Waals surface area contributed by atoms with Gasteiger partial charge < -0.3 is 10.2 Å². The lowest BCUT2D eigenvalue weighted by Gasteiger charge is -2.22. The molecule has 2 aromatic carbocycles. The smallest absolute Gasteiger partial charge is 0.255 e. The van der Waals surface area contributed by atoms with E-state index in [2.05, 4.69) is 5.32 Å². The van der Waals surface area contributed by atoms with E-state index in [1.54, 1.807) is 26.0 Å². The Morgan fingerprint density at radius 2 is 1.54 bits per heavy atom. The van der Waals surface area contributed by atoms with E-state index in [-0.39, 0.29) is 10.8 Å². The zero-order valence-electron chi connectivity index (χ0n) is 17.4. The van der Waals surface area contributed by atoms with Crippen LogP contribution in [-0.4, -0.2) is 45.8 Å². The molecule has 0 radical (unpaired) electrons. The molecule has 0 saturated heterocycles. The highest BCUT2D eigenvalue weighted by atomic mass is 32.2. The van der Waals surface area contributed by atoms with E-state index >= 15 is 0 Å². The average Bonchev–Trinajstić information content (AvgIpc) is 2.61. The van der Waals surface area contributed by atoms with Gasteiger partial charge in [0.05, 0.1) is 16.3 Å². The predicted octanol–water partition coefficient (Wildman–Crippen LogP) is 3.65. The van der Waals surface area contributed by atoms with Crippen molar-refractivity contribution in [3.63, 3.8) is 0 Å². The monoisotopic (exact) mass is 403 g/mol. The van der Waals surface area contributed by atoms with Crippen LogP contribution in [0.25, 0.3) is 0 Å². The second-order valence-electron chi connectivity index (χ2n) is 6.99. The number of amides is 1. The number of nitrogens with one attached hydrogen (secondary N) is 1. The molecule has 152 valence electrons. The Balaban J connectivity index is 2.48. The first-order valence-corrected chi connectivity index (χ1v) is 10.7. The minimum Gasteiger partial charge on any atom is -0.376 e. The van der Waals surface area contributed by atoms with Crippen LogP contribution in [0.4, 0.5) is 11.4 Å². The van der Waals surface area contributed by atoms with E-state index in [0.29, 0.717) is 24.3 Å². The largest absolute Gasteiger partial charge is 0.376 e. The Hall–Kier alpha value is -2.38. The molecule has 0 saturated carbocycles. The van der Waals surface area contributed by atoms with Crippen LogP contribution in [0.1, 0.15) is 35.3 Å². The molecule has 0 bridgehead atoms. The zero-order valence-corrected chi connectivity index (χ0v) is 18.2. The number of anilines is 2. The summed E-state index contributed by atoms with van der Waals surface area (Å²) in [6.07, 6.45) is 0. The Morgan fingerprint density at radius 1 is 0.964 bits per heavy atom. The highest BCUT2D eigenvalue weighted by molar-refractivity contribution is 7.89. The van der Waals surface area contributed by atoms with Crippen LogP contribution in [0, 0.1) is 13.8 Å². The van der Waals surface area contributed by atoms with E-state index in [1.807, 2.05) is 51.0 Å². The van der Waals surface area contributed by atoms with Gasteiger partial charge in [-0.3, -0.25) is 4.79 Å². The third kappa shape index (κ3) is 4.72. The van der Waals surface area contributed by atoms with Gasteiger partial charge in [0.1, 0.15) is 0 Å². The van der Waals surface area contributed by atoms with Gasteiger partial charge in [0.15, 0.2) is 0 Å². The molecule has 28 heavy (non-hydrogen) atoms. The standard InChI is InChI=1S/C21H29N3O3S/c1-7-24(8-2)28(26,27)18-9-10-20(23(5)6)19(14-18)22-21(25)17-12-15(3)11-16(4)13-17/h9-14H,7-8H2,1-6H3,(H,22,25). The molecule has 2 aromatic rings. The number of carbonyl (C=O) groups excluding carboxylic acids is 1. The SMILES string of the molecule is CCN(CC)S(=O)(=O)c1ccc(N(C)C)c(NC(=O)c2cc(C)cc(C)c2)c1. The second kappa shape index (κ2) is 8.75. The Kier molecular flexibility index (Phi) is 6.85. The van der Waals surface area contributed by atoms with Crippen LogP contribution < -0.4 is 10.2 Å². The van der Waals surface area contributed by atoms with Crippen molar-refractivity contribution in [3.8, 4) is 0 Å². The minimum atomic E-state index is -3.62. The van der Waals surface area contributed by atoms with Crippen LogP contribution in [0.3, 0.4) is 0 Å². The molecule has 0 heterocycles. The first kappa shape index (κ1) is 21.9. The summed E-state index contributed by atoms with van der Waals surface area (Å²) in [7, 11) is 0.0787. The molecule has 0 atom stereocenters. The molecule has 0 unspecified atom stereocenters. The predicted molar refractivity (Wildman–Crippen MR) is 115 cm³/mol. The number of benzene rings is 2. The maximum atomic E-state index is 12.9. The molecule has 1 amide bonds. The fourth-order valence-electron chi connectivity index (χ4n) is 3.18. The van der Waals surface area contributed by atoms with Crippen LogP contribution in [-0.2, 0) is 10.0 Å². The summed E-state index contributed by atoms with van der Waals surface area (Å²) in [6.45, 7) is 8.26. The second-order valence-corrected chi connectivity index (χ2v) is 8.93. The molecule has 0 aliphatic rings. The summed E-state index contributed by atoms with van der Waals surface area (Å²) in [6, 6.07) is 10.5. The molecule has 0 aliphatic heterocycles. The van der Waals surface area contributed by atoms with Gasteiger partial charge in [-0.05, 0) is 44.2 Å². The topological polar surface area (TPSA) is 69.7 Å². The van der Waals surface area contributed by atoms with Gasteiger partial charge in [-0.25, -0.2) is 8.42 Å². The Morgan fingerprint density at radius 3 is 2.04 bits per heavy atom. The molecule has 0 aliphatic carbocycles. The van der Waals surface area contributed by atoms with Crippen molar-refractivity contribution in [1.29, 1.82) is 0 Å². The molecular weight excluding hydrogens is 374 g/mol. The number of nitrogens with zero attached hydrogens (tertiary/aromatic N) is 2. The van der Waals surface area contributed by atoms with E-state index in [9.17, 15) is 13.2 Å². The first-order chi connectivity index (χ1) is 13.1. The lowest BCUT2D eigenvalue weighted by Crippen LogP contribution is -2.30. The van der Waals surface area contributed by atoms with Crippen molar-refractivity contribution in [1.82, 2.24) is 4.31 Å². The number of carbonyl (C=O) groups is 1. The van der Waals surface area contributed by atoms with Crippen molar-refractivity contribution < 1.29 is 13.2 Å². The highest BCUT2D eigenvalue weighted by Gasteiger charge is 2.23. The van der Waals surface area contributed by atoms with Gasteiger partial charge in [-0.2, -0.15) is 4.31 Å². The Bertz CT molecular complexity index is 945. The van der Waals surface area contributed by atoms with Gasteiger partial charge in [0.25, 0.3) is 5.91 Å². The molecule has 7 heteroatoms. The van der Waals surface area contributed by atoms with Gasteiger partial charge in [-0.1, -0.05) is 31.0 Å². The molecular formula is C21H29N3O3S. The highest BCUT2D eigenvalue weighted by Crippen LogP contribution is 2.29. The summed E-state index contributed by atoms with van der Waals surface area (Å²) >= 11 is 0. The van der Waals surface area contributed by atoms with Gasteiger partial charge >= 0.3 is 0 Å². The quantitative estimate of drug-likeness (QED) is 0.766. The van der Waals surface area contributed by atoms with Gasteiger partial charge in [-0.15, -0.1) is 0 Å². The summed E-state index contributed by atoms with van der Waals surface area (Å²) in [4.78, 5) is 14.8. The van der Waals surface area contributed by atoms with Crippen LogP contribution in [0.2, 0.25) is 0 Å². The summed E-state index contributed by atoms with van der Waals surface area (Å²) in [5, 5.41) is 2.89. The van der Waals surface area contributed by atoms with Gasteiger partial charge in [0, 0.05) is 32.7 Å². The number of hydrogen-bond acceptors (Lipinski definition) is 4. The minimum absolute atomic E-state index is 0.164. The zero-order chi connectivity index (χ0) is 21.1. The lowest BCUT2D eigenvalue weighted by atomic mass is 10.1. The van der Waals surface area contributed by atoms with E-state index in [0.717, 1.165) is 16.8 Å². The molecule has 2 rings (SSSR count). The van der Waals surface area contributed by atoms with Crippen LogP contribution in [0.5, 0.6) is 0 Å². The van der Waals surface area contributed by atoms with Crippen LogP contribution in [0.15, 0.2) is 41.3 Å². The van der Waals surface area contributed by atoms with E-state index in [4.69, 9.17) is 0 Å². The Labute approximate surface area is 168 Å². The summed E-state index contributed by atoms with van der Waals surface area (Å²) in [5.41, 5.74) is 3.73. The fraction of sp³-hybridized carbons (Fsp3) is 0.381. The van der Waals surface area contributed by atoms with Crippen molar-refractivity contribution in [2.45, 2.75) is 32.6 Å². The number of sulfonamides is 1. The summed E-state index contributed by atoms with van der Waals surface area (Å²) in [5.74, 6) is -0.271.